The number of rotatable bonds is 10. The Morgan fingerprint density at radius 2 is 0.938 bits per heavy atom. The van der Waals surface area contributed by atoms with Gasteiger partial charge in [0.1, 0.15) is 23.0 Å². The molecule has 8 heterocycles. The van der Waals surface area contributed by atoms with Crippen LogP contribution in [0.3, 0.4) is 0 Å². The number of fused-ring (bicyclic) bond motifs is 2. The Morgan fingerprint density at radius 3 is 1.38 bits per heavy atom. The van der Waals surface area contributed by atoms with Crippen molar-refractivity contribution in [2.75, 3.05) is 86.1 Å². The van der Waals surface area contributed by atoms with E-state index in [1.54, 1.807) is 12.1 Å². The largest absolute Gasteiger partial charge is 0.391 e. The molecular weight excluding hydrogens is 809 g/mol. The van der Waals surface area contributed by atoms with Crippen LogP contribution in [0.5, 0.6) is 0 Å². The molecule has 2 aromatic carbocycles. The number of ether oxygens (including phenoxy) is 2. The minimum absolute atomic E-state index is 0.0102. The average Bonchev–Trinajstić information content (AvgIpc) is 3.66. The molecule has 2 aromatic heterocycles. The average molecular weight is 873 g/mol. The molecule has 340 valence electrons. The third kappa shape index (κ3) is 9.89. The molecule has 0 aliphatic carbocycles. The van der Waals surface area contributed by atoms with Crippen LogP contribution in [0.2, 0.25) is 0 Å². The summed E-state index contributed by atoms with van der Waals surface area (Å²) in [6.45, 7) is 8.59. The summed E-state index contributed by atoms with van der Waals surface area (Å²) in [6.07, 6.45) is 6.96. The van der Waals surface area contributed by atoms with E-state index in [4.69, 9.17) is 29.4 Å². The topological polar surface area (TPSA) is 165 Å². The van der Waals surface area contributed by atoms with E-state index in [9.17, 15) is 15.0 Å². The smallest absolute Gasteiger partial charge is 0.230 e. The molecule has 0 spiro atoms. The number of anilines is 4. The predicted molar refractivity (Wildman–Crippen MR) is 246 cm³/mol. The Kier molecular flexibility index (Phi) is 13.3. The van der Waals surface area contributed by atoms with Crippen LogP contribution >= 0.6 is 0 Å². The highest BCUT2D eigenvalue weighted by Gasteiger charge is 2.35. The molecule has 10 rings (SSSR count). The van der Waals surface area contributed by atoms with Crippen molar-refractivity contribution < 1.29 is 24.5 Å². The number of carbonyl (C=O) groups excluding carboxylic acids is 1. The Balaban J connectivity index is 0.922. The van der Waals surface area contributed by atoms with E-state index in [-0.39, 0.29) is 41.3 Å². The van der Waals surface area contributed by atoms with Crippen LogP contribution in [-0.2, 0) is 35.4 Å². The highest BCUT2D eigenvalue weighted by atomic mass is 16.5. The first-order valence-corrected chi connectivity index (χ1v) is 23.9. The third-order valence-electron chi connectivity index (χ3n) is 14.5. The molecule has 4 fully saturated rings. The SMILES string of the molecule is O=C(c1cc(NC2CCOCC2)nc(N2CC[C@@H](O)[C@H](N3CCc4ccccc4C3)CC2)n1)c1cc(NC2CCOCC2)nc(N2CC[C@@H](O)[C@H](N3CCc4ccccc4C3)CC2)n1. The molecule has 6 aliphatic rings. The summed E-state index contributed by atoms with van der Waals surface area (Å²) >= 11 is 0. The highest BCUT2D eigenvalue weighted by Crippen LogP contribution is 2.30. The quantitative estimate of drug-likeness (QED) is 0.165. The standard InChI is InChI=1S/C49H64N10O5/c60-43-13-23-56(21-11-41(43)58-19-9-33-5-1-3-7-35(33)31-58)48-52-39(29-45(54-48)50-37-15-25-63-26-16-37)47(62)40-30-46(51-38-17-27-64-28-18-38)55-49(53-40)57-22-12-42(44(61)14-24-57)59-20-10-34-6-2-4-8-36(34)32-59/h1-8,29-30,37-38,41-44,60-61H,9-28,31-32H2,(H,50,52,54)(H,51,53,55)/t41-,42-,43-,44-/m1/s1. The van der Waals surface area contributed by atoms with Crippen LogP contribution in [0.25, 0.3) is 0 Å². The number of aliphatic hydroxyl groups is 2. The summed E-state index contributed by atoms with van der Waals surface area (Å²) in [4.78, 5) is 44.2. The number of hydrogen-bond donors (Lipinski definition) is 4. The Labute approximate surface area is 376 Å². The zero-order valence-electron chi connectivity index (χ0n) is 37.0. The molecule has 6 aliphatic heterocycles. The van der Waals surface area contributed by atoms with Gasteiger partial charge in [-0.05, 0) is 86.5 Å². The van der Waals surface area contributed by atoms with Crippen molar-refractivity contribution in [2.45, 2.75) is 114 Å². The number of aliphatic hydroxyl groups excluding tert-OH is 2. The van der Waals surface area contributed by atoms with E-state index in [2.05, 4.69) is 78.8 Å². The second-order valence-corrected chi connectivity index (χ2v) is 18.6. The van der Waals surface area contributed by atoms with Gasteiger partial charge < -0.3 is 40.1 Å². The second-order valence-electron chi connectivity index (χ2n) is 18.6. The van der Waals surface area contributed by atoms with Gasteiger partial charge in [0.2, 0.25) is 17.7 Å². The first-order valence-electron chi connectivity index (χ1n) is 23.9. The van der Waals surface area contributed by atoms with Crippen LogP contribution < -0.4 is 20.4 Å². The summed E-state index contributed by atoms with van der Waals surface area (Å²) in [5, 5.41) is 30.4. The molecule has 4 saturated heterocycles. The molecule has 0 saturated carbocycles. The Morgan fingerprint density at radius 1 is 0.531 bits per heavy atom. The number of aromatic nitrogens is 4. The Hall–Kier alpha value is -4.77. The molecule has 0 bridgehead atoms. The maximum absolute atomic E-state index is 15.0. The van der Waals surface area contributed by atoms with E-state index in [1.807, 2.05) is 0 Å². The van der Waals surface area contributed by atoms with Crippen molar-refractivity contribution in [3.05, 3.63) is 94.3 Å². The zero-order chi connectivity index (χ0) is 43.4. The van der Waals surface area contributed by atoms with Gasteiger partial charge in [-0.1, -0.05) is 48.5 Å². The van der Waals surface area contributed by atoms with Crippen molar-refractivity contribution in [3.63, 3.8) is 0 Å². The van der Waals surface area contributed by atoms with Crippen LogP contribution in [0.4, 0.5) is 23.5 Å². The number of ketones is 1. The van der Waals surface area contributed by atoms with Crippen molar-refractivity contribution in [1.29, 1.82) is 0 Å². The predicted octanol–water partition coefficient (Wildman–Crippen LogP) is 4.46. The number of hydrogen-bond acceptors (Lipinski definition) is 15. The summed E-state index contributed by atoms with van der Waals surface area (Å²) in [5.41, 5.74) is 5.97. The summed E-state index contributed by atoms with van der Waals surface area (Å²) in [7, 11) is 0. The first kappa shape index (κ1) is 43.1. The molecule has 4 atom stereocenters. The van der Waals surface area contributed by atoms with Gasteiger partial charge in [0, 0.05) is 115 Å². The van der Waals surface area contributed by atoms with Gasteiger partial charge in [-0.15, -0.1) is 0 Å². The number of carbonyl (C=O) groups is 1. The Bertz CT molecular complexity index is 2080. The molecule has 64 heavy (non-hydrogen) atoms. The van der Waals surface area contributed by atoms with Gasteiger partial charge in [-0.2, -0.15) is 9.97 Å². The third-order valence-corrected chi connectivity index (χ3v) is 14.5. The number of nitrogens with one attached hydrogen (secondary N) is 2. The van der Waals surface area contributed by atoms with Gasteiger partial charge in [0.25, 0.3) is 0 Å². The van der Waals surface area contributed by atoms with E-state index in [1.165, 1.54) is 22.3 Å². The van der Waals surface area contributed by atoms with E-state index in [0.29, 0.717) is 89.0 Å². The van der Waals surface area contributed by atoms with Crippen molar-refractivity contribution in [2.24, 2.45) is 0 Å². The molecular formula is C49H64N10O5. The number of nitrogens with zero attached hydrogens (tertiary/aromatic N) is 8. The lowest BCUT2D eigenvalue weighted by molar-refractivity contribution is 0.0393. The fourth-order valence-electron chi connectivity index (χ4n) is 10.8. The van der Waals surface area contributed by atoms with Gasteiger partial charge >= 0.3 is 0 Å². The molecule has 4 N–H and O–H groups in total. The normalized spacial score (nSPS) is 25.5. The first-order chi connectivity index (χ1) is 31.4. The number of benzene rings is 2. The van der Waals surface area contributed by atoms with Crippen LogP contribution in [0, 0.1) is 0 Å². The molecule has 0 unspecified atom stereocenters. The van der Waals surface area contributed by atoms with Crippen LogP contribution in [0.15, 0.2) is 60.7 Å². The molecule has 4 aromatic rings. The maximum Gasteiger partial charge on any atom is 0.230 e. The maximum atomic E-state index is 15.0. The van der Waals surface area contributed by atoms with E-state index >= 15 is 0 Å². The summed E-state index contributed by atoms with van der Waals surface area (Å²) in [6, 6.07) is 21.1. The van der Waals surface area contributed by atoms with E-state index < -0.39 is 12.2 Å². The van der Waals surface area contributed by atoms with Crippen molar-refractivity contribution in [3.8, 4) is 0 Å². The highest BCUT2D eigenvalue weighted by molar-refractivity contribution is 6.07. The summed E-state index contributed by atoms with van der Waals surface area (Å²) < 4.78 is 11.3. The fraction of sp³-hybridized carbons (Fsp3) is 0.571. The minimum atomic E-state index is -0.493. The van der Waals surface area contributed by atoms with Gasteiger partial charge in [0.15, 0.2) is 0 Å². The van der Waals surface area contributed by atoms with Crippen molar-refractivity contribution >= 4 is 29.3 Å². The molecule has 0 radical (unpaired) electrons. The molecule has 15 heteroatoms. The van der Waals surface area contributed by atoms with Crippen LogP contribution in [-0.4, -0.2) is 148 Å². The molecule has 15 nitrogen and oxygen atoms in total. The van der Waals surface area contributed by atoms with Gasteiger partial charge in [-0.25, -0.2) is 9.97 Å². The van der Waals surface area contributed by atoms with Gasteiger partial charge in [-0.3, -0.25) is 14.6 Å². The van der Waals surface area contributed by atoms with Crippen molar-refractivity contribution in [1.82, 2.24) is 29.7 Å². The van der Waals surface area contributed by atoms with E-state index in [0.717, 1.165) is 77.5 Å². The lowest BCUT2D eigenvalue weighted by Gasteiger charge is -2.37. The summed E-state index contributed by atoms with van der Waals surface area (Å²) in [5.74, 6) is 1.82. The monoisotopic (exact) mass is 873 g/mol. The van der Waals surface area contributed by atoms with Crippen LogP contribution in [0.1, 0.15) is 89.8 Å². The lowest BCUT2D eigenvalue weighted by atomic mass is 9.96. The minimum Gasteiger partial charge on any atom is -0.391 e. The fourth-order valence-corrected chi connectivity index (χ4v) is 10.8. The zero-order valence-corrected chi connectivity index (χ0v) is 37.0. The van der Waals surface area contributed by atoms with Gasteiger partial charge in [0.05, 0.1) is 12.2 Å². The lowest BCUT2D eigenvalue weighted by Crippen LogP contribution is -2.46. The second kappa shape index (κ2) is 19.8. The molecule has 0 amide bonds.